The SMILES string of the molecule is OC(CN1CC2CCC(C1)O2)c1ccccc1F. The maximum atomic E-state index is 13.6. The van der Waals surface area contributed by atoms with E-state index in [9.17, 15) is 9.50 Å². The van der Waals surface area contributed by atoms with Gasteiger partial charge >= 0.3 is 0 Å². The van der Waals surface area contributed by atoms with E-state index in [-0.39, 0.29) is 5.82 Å². The number of benzene rings is 1. The molecule has 0 amide bonds. The Morgan fingerprint density at radius 1 is 1.28 bits per heavy atom. The van der Waals surface area contributed by atoms with E-state index in [4.69, 9.17) is 4.74 Å². The topological polar surface area (TPSA) is 32.7 Å². The summed E-state index contributed by atoms with van der Waals surface area (Å²) in [6.45, 7) is 2.18. The first-order chi connectivity index (χ1) is 8.72. The lowest BCUT2D eigenvalue weighted by molar-refractivity contribution is -0.0499. The van der Waals surface area contributed by atoms with Gasteiger partial charge in [-0.1, -0.05) is 18.2 Å². The summed E-state index contributed by atoms with van der Waals surface area (Å²) in [7, 11) is 0. The minimum absolute atomic E-state index is 0.302. The van der Waals surface area contributed by atoms with Gasteiger partial charge in [0.15, 0.2) is 0 Å². The minimum Gasteiger partial charge on any atom is -0.387 e. The second kappa shape index (κ2) is 4.96. The second-order valence-corrected chi connectivity index (χ2v) is 5.21. The largest absolute Gasteiger partial charge is 0.387 e. The predicted octanol–water partition coefficient (Wildman–Crippen LogP) is 1.72. The van der Waals surface area contributed by atoms with Crippen LogP contribution in [0.15, 0.2) is 24.3 Å². The molecule has 3 atom stereocenters. The summed E-state index contributed by atoms with van der Waals surface area (Å²) in [5, 5.41) is 10.1. The lowest BCUT2D eigenvalue weighted by Gasteiger charge is -2.33. The highest BCUT2D eigenvalue weighted by atomic mass is 19.1. The molecule has 3 rings (SSSR count). The summed E-state index contributed by atoms with van der Waals surface area (Å²) in [5.41, 5.74) is 0.385. The van der Waals surface area contributed by atoms with Crippen LogP contribution in [0.1, 0.15) is 24.5 Å². The van der Waals surface area contributed by atoms with Crippen molar-refractivity contribution in [1.82, 2.24) is 4.90 Å². The Morgan fingerprint density at radius 2 is 1.94 bits per heavy atom. The summed E-state index contributed by atoms with van der Waals surface area (Å²) in [5.74, 6) is -0.332. The number of halogens is 1. The van der Waals surface area contributed by atoms with Crippen LogP contribution in [0.25, 0.3) is 0 Å². The molecule has 4 heteroatoms. The molecular formula is C14H18FNO2. The molecule has 2 aliphatic heterocycles. The van der Waals surface area contributed by atoms with E-state index in [1.807, 2.05) is 0 Å². The van der Waals surface area contributed by atoms with Gasteiger partial charge in [0.05, 0.1) is 18.3 Å². The maximum Gasteiger partial charge on any atom is 0.129 e. The Labute approximate surface area is 106 Å². The molecule has 0 radical (unpaired) electrons. The molecule has 3 unspecified atom stereocenters. The third kappa shape index (κ3) is 2.41. The van der Waals surface area contributed by atoms with E-state index in [0.717, 1.165) is 25.9 Å². The molecule has 2 aliphatic rings. The molecule has 0 spiro atoms. The van der Waals surface area contributed by atoms with Gasteiger partial charge in [0, 0.05) is 25.2 Å². The molecule has 1 aromatic carbocycles. The Balaban J connectivity index is 1.64. The molecule has 1 N–H and O–H groups in total. The third-order valence-corrected chi connectivity index (χ3v) is 3.81. The van der Waals surface area contributed by atoms with Gasteiger partial charge < -0.3 is 9.84 Å². The van der Waals surface area contributed by atoms with Gasteiger partial charge in [-0.15, -0.1) is 0 Å². The van der Waals surface area contributed by atoms with Gasteiger partial charge in [-0.25, -0.2) is 4.39 Å². The van der Waals surface area contributed by atoms with Gasteiger partial charge in [-0.2, -0.15) is 0 Å². The molecule has 0 aliphatic carbocycles. The van der Waals surface area contributed by atoms with Gasteiger partial charge in [0.2, 0.25) is 0 Å². The molecule has 0 saturated carbocycles. The number of likely N-dealkylation sites (tertiary alicyclic amines) is 1. The first-order valence-electron chi connectivity index (χ1n) is 6.52. The predicted molar refractivity (Wildman–Crippen MR) is 65.7 cm³/mol. The first kappa shape index (κ1) is 12.1. The maximum absolute atomic E-state index is 13.6. The highest BCUT2D eigenvalue weighted by Crippen LogP contribution is 2.27. The Bertz CT molecular complexity index is 414. The number of hydrogen-bond donors (Lipinski definition) is 1. The zero-order valence-corrected chi connectivity index (χ0v) is 10.3. The second-order valence-electron chi connectivity index (χ2n) is 5.21. The quantitative estimate of drug-likeness (QED) is 0.888. The van der Waals surface area contributed by atoms with Crippen molar-refractivity contribution in [3.8, 4) is 0 Å². The van der Waals surface area contributed by atoms with Crippen LogP contribution < -0.4 is 0 Å². The monoisotopic (exact) mass is 251 g/mol. The van der Waals surface area contributed by atoms with Gasteiger partial charge in [0.1, 0.15) is 5.82 Å². The van der Waals surface area contributed by atoms with Crippen LogP contribution in [0.3, 0.4) is 0 Å². The molecule has 3 nitrogen and oxygen atoms in total. The van der Waals surface area contributed by atoms with E-state index in [2.05, 4.69) is 4.90 Å². The molecule has 2 saturated heterocycles. The van der Waals surface area contributed by atoms with Crippen molar-refractivity contribution in [2.75, 3.05) is 19.6 Å². The normalized spacial score (nSPS) is 29.4. The zero-order valence-electron chi connectivity index (χ0n) is 10.3. The molecule has 1 aromatic rings. The lowest BCUT2D eigenvalue weighted by Crippen LogP contribution is -2.44. The third-order valence-electron chi connectivity index (χ3n) is 3.81. The number of aliphatic hydroxyl groups is 1. The Morgan fingerprint density at radius 3 is 2.61 bits per heavy atom. The fraction of sp³-hybridized carbons (Fsp3) is 0.571. The molecule has 98 valence electrons. The smallest absolute Gasteiger partial charge is 0.129 e. The highest BCUT2D eigenvalue weighted by molar-refractivity contribution is 5.20. The average molecular weight is 251 g/mol. The van der Waals surface area contributed by atoms with E-state index in [0.29, 0.717) is 24.3 Å². The number of aliphatic hydroxyl groups excluding tert-OH is 1. The van der Waals surface area contributed by atoms with Crippen LogP contribution in [-0.2, 0) is 4.74 Å². The molecule has 2 fully saturated rings. The van der Waals surface area contributed by atoms with Crippen molar-refractivity contribution in [2.24, 2.45) is 0 Å². The zero-order chi connectivity index (χ0) is 12.5. The standard InChI is InChI=1S/C14H18FNO2/c15-13-4-2-1-3-12(13)14(17)9-16-7-10-5-6-11(8-16)18-10/h1-4,10-11,14,17H,5-9H2. The molecule has 0 aromatic heterocycles. The first-order valence-corrected chi connectivity index (χ1v) is 6.52. The van der Waals surface area contributed by atoms with Gasteiger partial charge in [0.25, 0.3) is 0 Å². The summed E-state index contributed by atoms with van der Waals surface area (Å²) in [6.07, 6.45) is 2.06. The van der Waals surface area contributed by atoms with E-state index in [1.165, 1.54) is 6.07 Å². The molecule has 2 heterocycles. The molecule has 18 heavy (non-hydrogen) atoms. The average Bonchev–Trinajstić information content (AvgIpc) is 2.69. The summed E-state index contributed by atoms with van der Waals surface area (Å²) < 4.78 is 19.3. The van der Waals surface area contributed by atoms with Crippen molar-refractivity contribution < 1.29 is 14.2 Å². The van der Waals surface area contributed by atoms with Crippen molar-refractivity contribution in [3.05, 3.63) is 35.6 Å². The Hall–Kier alpha value is -0.970. The van der Waals surface area contributed by atoms with Crippen LogP contribution in [0, 0.1) is 5.82 Å². The number of nitrogens with zero attached hydrogens (tertiary/aromatic N) is 1. The summed E-state index contributed by atoms with van der Waals surface area (Å²) >= 11 is 0. The molecular weight excluding hydrogens is 233 g/mol. The van der Waals surface area contributed by atoms with Gasteiger partial charge in [-0.05, 0) is 18.9 Å². The number of fused-ring (bicyclic) bond motifs is 2. The summed E-state index contributed by atoms with van der Waals surface area (Å²) in [6, 6.07) is 6.43. The number of hydrogen-bond acceptors (Lipinski definition) is 3. The Kier molecular flexibility index (Phi) is 3.33. The molecule has 2 bridgehead atoms. The van der Waals surface area contributed by atoms with Crippen LogP contribution >= 0.6 is 0 Å². The number of morpholine rings is 1. The van der Waals surface area contributed by atoms with Gasteiger partial charge in [-0.3, -0.25) is 4.90 Å². The van der Waals surface area contributed by atoms with Crippen LogP contribution in [-0.4, -0.2) is 41.8 Å². The van der Waals surface area contributed by atoms with Crippen molar-refractivity contribution >= 4 is 0 Å². The van der Waals surface area contributed by atoms with E-state index in [1.54, 1.807) is 18.2 Å². The van der Waals surface area contributed by atoms with Crippen molar-refractivity contribution in [1.29, 1.82) is 0 Å². The van der Waals surface area contributed by atoms with E-state index >= 15 is 0 Å². The van der Waals surface area contributed by atoms with Crippen LogP contribution in [0.2, 0.25) is 0 Å². The summed E-state index contributed by atoms with van der Waals surface area (Å²) in [4.78, 5) is 2.18. The van der Waals surface area contributed by atoms with Crippen molar-refractivity contribution in [2.45, 2.75) is 31.2 Å². The minimum atomic E-state index is -0.760. The van der Waals surface area contributed by atoms with E-state index < -0.39 is 6.10 Å². The highest BCUT2D eigenvalue weighted by Gasteiger charge is 2.34. The van der Waals surface area contributed by atoms with Crippen LogP contribution in [0.4, 0.5) is 4.39 Å². The fourth-order valence-corrected chi connectivity index (χ4v) is 2.94. The van der Waals surface area contributed by atoms with Crippen molar-refractivity contribution in [3.63, 3.8) is 0 Å². The number of ether oxygens (including phenoxy) is 1. The lowest BCUT2D eigenvalue weighted by atomic mass is 10.1. The number of β-amino-alcohol motifs (C(OH)–C–C–N with tert-alkyl or cyclic N) is 1. The number of rotatable bonds is 3. The van der Waals surface area contributed by atoms with Crippen LogP contribution in [0.5, 0.6) is 0 Å². The fourth-order valence-electron chi connectivity index (χ4n) is 2.94.